The molecule has 4 unspecified atom stereocenters. The number of esters is 4. The molecular weight excluding hydrogens is 699 g/mol. The summed E-state index contributed by atoms with van der Waals surface area (Å²) in [5, 5.41) is -5.83. The lowest BCUT2D eigenvalue weighted by atomic mass is 9.43. The van der Waals surface area contributed by atoms with Crippen LogP contribution in [0, 0.1) is 46.3 Å². The lowest BCUT2D eigenvalue weighted by molar-refractivity contribution is -0.259. The lowest BCUT2D eigenvalue weighted by Gasteiger charge is -2.64. The van der Waals surface area contributed by atoms with Crippen LogP contribution in [-0.4, -0.2) is 72.7 Å². The van der Waals surface area contributed by atoms with Crippen molar-refractivity contribution >= 4 is 34.0 Å². The van der Waals surface area contributed by atoms with Gasteiger partial charge >= 0.3 is 45.4 Å². The molecule has 0 saturated heterocycles. The van der Waals surface area contributed by atoms with Gasteiger partial charge in [0.2, 0.25) is 0 Å². The number of fused-ring (bicyclic) bond motifs is 5. The smallest absolute Gasteiger partial charge is 0.432 e. The van der Waals surface area contributed by atoms with Crippen LogP contribution in [0.5, 0.6) is 0 Å². The second-order valence-corrected chi connectivity index (χ2v) is 16.7. The summed E-state index contributed by atoms with van der Waals surface area (Å²) in [6.45, 7) is 9.90. The predicted molar refractivity (Wildman–Crippen MR) is 163 cm³/mol. The molecule has 4 aliphatic carbocycles. The first kappa shape index (κ1) is 40.2. The topological polar surface area (TPSA) is 160 Å². The van der Waals surface area contributed by atoms with E-state index in [1.165, 1.54) is 20.8 Å². The normalized spacial score (nSPS) is 36.9. The molecule has 11 nitrogen and oxygen atoms in total. The minimum atomic E-state index is -6.58. The zero-order valence-corrected chi connectivity index (χ0v) is 29.8. The van der Waals surface area contributed by atoms with Crippen LogP contribution in [0.3, 0.4) is 0 Å². The summed E-state index contributed by atoms with van der Waals surface area (Å²) >= 11 is 0. The van der Waals surface area contributed by atoms with Crippen LogP contribution in [0.4, 0.5) is 22.0 Å². The van der Waals surface area contributed by atoms with Gasteiger partial charge in [0.15, 0.2) is 0 Å². The second kappa shape index (κ2) is 14.1. The fourth-order valence-corrected chi connectivity index (χ4v) is 10.8. The number of carbonyl (C=O) groups excluding carboxylic acids is 4. The number of halogens is 5. The molecule has 0 aromatic rings. The van der Waals surface area contributed by atoms with Crippen LogP contribution in [0.1, 0.15) is 99.3 Å². The van der Waals surface area contributed by atoms with E-state index in [0.717, 1.165) is 6.42 Å². The third kappa shape index (κ3) is 7.63. The Hall–Kier alpha value is -2.56. The van der Waals surface area contributed by atoms with E-state index in [0.29, 0.717) is 38.5 Å². The minimum absolute atomic E-state index is 0.0425. The van der Waals surface area contributed by atoms with Crippen LogP contribution in [-0.2, 0) is 48.2 Å². The molecule has 0 radical (unpaired) electrons. The first-order chi connectivity index (χ1) is 22.8. The minimum Gasteiger partial charge on any atom is -0.463 e. The number of carbonyl (C=O) groups is 4. The average molecular weight is 747 g/mol. The maximum atomic E-state index is 14.0. The van der Waals surface area contributed by atoms with Gasteiger partial charge in [0.25, 0.3) is 6.10 Å². The van der Waals surface area contributed by atoms with Gasteiger partial charge in [-0.25, -0.2) is 0 Å². The van der Waals surface area contributed by atoms with E-state index in [9.17, 15) is 49.5 Å². The Kier molecular flexibility index (Phi) is 11.3. The molecule has 4 aliphatic rings. The van der Waals surface area contributed by atoms with E-state index in [2.05, 4.69) is 11.7 Å². The fourth-order valence-electron chi connectivity index (χ4n) is 10.3. The Balaban J connectivity index is 1.60. The first-order valence-corrected chi connectivity index (χ1v) is 18.4. The van der Waals surface area contributed by atoms with Crippen molar-refractivity contribution in [3.8, 4) is 0 Å². The van der Waals surface area contributed by atoms with E-state index in [4.69, 9.17) is 18.8 Å². The Bertz CT molecular complexity index is 1440. The highest BCUT2D eigenvalue weighted by Gasteiger charge is 2.68. The molecule has 4 rings (SSSR count). The summed E-state index contributed by atoms with van der Waals surface area (Å²) in [6, 6.07) is 0. The van der Waals surface area contributed by atoms with Gasteiger partial charge in [0.05, 0.1) is 0 Å². The number of hydrogen-bond donors (Lipinski definition) is 1. The number of rotatable bonds is 10. The maximum Gasteiger partial charge on any atom is 0.432 e. The van der Waals surface area contributed by atoms with Gasteiger partial charge in [-0.3, -0.25) is 23.7 Å². The van der Waals surface area contributed by atoms with Gasteiger partial charge in [-0.2, -0.15) is 30.4 Å². The van der Waals surface area contributed by atoms with E-state index >= 15 is 0 Å². The van der Waals surface area contributed by atoms with Crippen LogP contribution in [0.15, 0.2) is 0 Å². The number of hydrogen-bond acceptors (Lipinski definition) is 10. The largest absolute Gasteiger partial charge is 0.463 e. The number of alkyl halides is 5. The average Bonchev–Trinajstić information content (AvgIpc) is 3.31. The molecule has 50 heavy (non-hydrogen) atoms. The predicted octanol–water partition coefficient (Wildman–Crippen LogP) is 6.03. The molecule has 0 spiro atoms. The monoisotopic (exact) mass is 746 g/mol. The summed E-state index contributed by atoms with van der Waals surface area (Å²) in [5.41, 5.74) is -0.997. The Labute approximate surface area is 288 Å². The van der Waals surface area contributed by atoms with Gasteiger partial charge in [-0.05, 0) is 86.4 Å². The molecule has 0 amide bonds. The first-order valence-electron chi connectivity index (χ1n) is 17.0. The molecular formula is C33H47F5O11S. The summed E-state index contributed by atoms with van der Waals surface area (Å²) < 4.78 is 120. The van der Waals surface area contributed by atoms with E-state index < -0.39 is 75.5 Å². The van der Waals surface area contributed by atoms with Crippen LogP contribution >= 0.6 is 0 Å². The standard InChI is InChI=1S/C33H47F5O11S/c1-16(7-10-27(42)49-29(32(34,35)36)33(37,38)50(43,44)45)22-8-9-23-28-24(15-26(31(22,23)6)48-19(4)41)30(5)12-11-21(46-17(2)39)13-20(30)14-25(28)47-18(3)40/h16,20-26,28-29H,7-15H2,1-6H3,(H,43,44,45)/t16-,20+,21?,22-,23+,24+,25?,26?,28+,29?,30+,31-/m1/s1. The quantitative estimate of drug-likeness (QED) is 0.120. The molecule has 12 atom stereocenters. The summed E-state index contributed by atoms with van der Waals surface area (Å²) in [5.74, 6) is -4.05. The van der Waals surface area contributed by atoms with Crippen molar-refractivity contribution in [2.24, 2.45) is 46.3 Å². The van der Waals surface area contributed by atoms with Gasteiger partial charge in [-0.1, -0.05) is 20.8 Å². The molecule has 286 valence electrons. The summed E-state index contributed by atoms with van der Waals surface area (Å²) in [6.07, 6.45) is -8.54. The SMILES string of the molecule is CC(=O)OC1CC[C@@]2(C)[C@@H](C1)CC(OC(C)=O)[C@@H]1[C@@H]2CC(OC(C)=O)[C@]2(C)[C@@H]([C@H](C)CCC(=O)OC(C(F)(F)F)C(F)(F)S(=O)(=O)O)CC[C@@H]12. The van der Waals surface area contributed by atoms with Gasteiger partial charge in [0.1, 0.15) is 18.3 Å². The van der Waals surface area contributed by atoms with E-state index in [-0.39, 0.29) is 53.5 Å². The molecule has 1 N–H and O–H groups in total. The molecule has 0 aromatic heterocycles. The molecule has 0 aromatic carbocycles. The van der Waals surface area contributed by atoms with Crippen LogP contribution < -0.4 is 0 Å². The fraction of sp³-hybridized carbons (Fsp3) is 0.879. The zero-order chi connectivity index (χ0) is 37.8. The molecule has 0 bridgehead atoms. The van der Waals surface area contributed by atoms with Crippen molar-refractivity contribution in [1.29, 1.82) is 0 Å². The van der Waals surface area contributed by atoms with Crippen molar-refractivity contribution in [2.45, 2.75) is 135 Å². The third-order valence-corrected chi connectivity index (χ3v) is 13.3. The lowest BCUT2D eigenvalue weighted by Crippen LogP contribution is -2.63. The van der Waals surface area contributed by atoms with Crippen LogP contribution in [0.2, 0.25) is 0 Å². The van der Waals surface area contributed by atoms with Crippen molar-refractivity contribution in [2.75, 3.05) is 0 Å². The Morgan fingerprint density at radius 3 is 2.00 bits per heavy atom. The molecule has 17 heteroatoms. The summed E-state index contributed by atoms with van der Waals surface area (Å²) in [7, 11) is -6.58. The van der Waals surface area contributed by atoms with Gasteiger partial charge < -0.3 is 18.9 Å². The zero-order valence-electron chi connectivity index (χ0n) is 29.0. The molecule has 4 saturated carbocycles. The second-order valence-electron chi connectivity index (χ2n) is 15.2. The van der Waals surface area contributed by atoms with Crippen LogP contribution in [0.25, 0.3) is 0 Å². The molecule has 0 heterocycles. The third-order valence-electron chi connectivity index (χ3n) is 12.4. The van der Waals surface area contributed by atoms with E-state index in [1.54, 1.807) is 6.92 Å². The van der Waals surface area contributed by atoms with Crippen molar-refractivity contribution < 1.29 is 73.0 Å². The van der Waals surface area contributed by atoms with Gasteiger partial charge in [-0.15, -0.1) is 0 Å². The van der Waals surface area contributed by atoms with Crippen molar-refractivity contribution in [1.82, 2.24) is 0 Å². The highest BCUT2D eigenvalue weighted by atomic mass is 32.2. The van der Waals surface area contributed by atoms with Crippen molar-refractivity contribution in [3.05, 3.63) is 0 Å². The molecule has 4 fully saturated rings. The number of ether oxygens (including phenoxy) is 4. The highest BCUT2D eigenvalue weighted by molar-refractivity contribution is 7.86. The molecule has 0 aliphatic heterocycles. The Morgan fingerprint density at radius 2 is 1.46 bits per heavy atom. The highest BCUT2D eigenvalue weighted by Crippen LogP contribution is 2.69. The Morgan fingerprint density at radius 1 is 0.860 bits per heavy atom. The van der Waals surface area contributed by atoms with Gasteiger partial charge in [0, 0.05) is 38.5 Å². The van der Waals surface area contributed by atoms with Crippen molar-refractivity contribution in [3.63, 3.8) is 0 Å². The summed E-state index contributed by atoms with van der Waals surface area (Å²) in [4.78, 5) is 49.2. The van der Waals surface area contributed by atoms with E-state index in [1.807, 2.05) is 6.92 Å². The maximum absolute atomic E-state index is 14.0.